The van der Waals surface area contributed by atoms with E-state index in [4.69, 9.17) is 0 Å². The van der Waals surface area contributed by atoms with Crippen molar-refractivity contribution in [1.29, 1.82) is 0 Å². The van der Waals surface area contributed by atoms with Crippen LogP contribution in [-0.4, -0.2) is 41.4 Å². The maximum Gasteiger partial charge on any atom is 0.209 e. The molecule has 0 amide bonds. The first-order valence-corrected chi connectivity index (χ1v) is 10.2. The van der Waals surface area contributed by atoms with Gasteiger partial charge >= 0.3 is 0 Å². The molecule has 3 aromatic rings. The molecule has 1 aliphatic rings. The molecule has 5 nitrogen and oxygen atoms in total. The third kappa shape index (κ3) is 4.13. The molecule has 4 rings (SSSR count). The Bertz CT molecular complexity index is 832. The second kappa shape index (κ2) is 8.01. The van der Waals surface area contributed by atoms with E-state index >= 15 is 0 Å². The number of piperazine rings is 1. The molecule has 8 heteroatoms. The van der Waals surface area contributed by atoms with Crippen molar-refractivity contribution in [3.8, 4) is 0 Å². The van der Waals surface area contributed by atoms with Crippen molar-refractivity contribution in [3.05, 3.63) is 60.2 Å². The molecule has 1 aliphatic heterocycles. The molecular formula is C18H18FN5S2. The summed E-state index contributed by atoms with van der Waals surface area (Å²) < 4.78 is 14.0. The lowest BCUT2D eigenvalue weighted by molar-refractivity contribution is 0.624. The van der Waals surface area contributed by atoms with Crippen LogP contribution in [0.5, 0.6) is 0 Å². The van der Waals surface area contributed by atoms with Crippen molar-refractivity contribution in [2.75, 3.05) is 36.0 Å². The summed E-state index contributed by atoms with van der Waals surface area (Å²) in [4.78, 5) is 8.68. The van der Waals surface area contributed by atoms with Crippen molar-refractivity contribution in [2.24, 2.45) is 0 Å². The van der Waals surface area contributed by atoms with Gasteiger partial charge in [0.25, 0.3) is 0 Å². The number of anilines is 2. The Morgan fingerprint density at radius 2 is 1.77 bits per heavy atom. The van der Waals surface area contributed by atoms with E-state index in [1.54, 1.807) is 29.3 Å². The lowest BCUT2D eigenvalue weighted by atomic mass is 10.2. The van der Waals surface area contributed by atoms with Crippen LogP contribution >= 0.6 is 23.1 Å². The Balaban J connectivity index is 1.32. The molecular weight excluding hydrogens is 369 g/mol. The summed E-state index contributed by atoms with van der Waals surface area (Å²) >= 11 is 3.33. The van der Waals surface area contributed by atoms with Gasteiger partial charge < -0.3 is 9.80 Å². The minimum absolute atomic E-state index is 0.197. The van der Waals surface area contributed by atoms with E-state index in [0.29, 0.717) is 0 Å². The molecule has 0 saturated carbocycles. The SMILES string of the molecule is Fc1ccc(N2CCN(c3nnc(SCc4cccnc4)s3)CC2)cc1. The van der Waals surface area contributed by atoms with Gasteiger partial charge in [-0.2, -0.15) is 0 Å². The number of aromatic nitrogens is 3. The van der Waals surface area contributed by atoms with Gasteiger partial charge in [-0.05, 0) is 35.9 Å². The Hall–Kier alpha value is -2.19. The summed E-state index contributed by atoms with van der Waals surface area (Å²) in [5.41, 5.74) is 2.25. The fourth-order valence-corrected chi connectivity index (χ4v) is 4.65. The van der Waals surface area contributed by atoms with Crippen molar-refractivity contribution < 1.29 is 4.39 Å². The Labute approximate surface area is 159 Å². The fraction of sp³-hybridized carbons (Fsp3) is 0.278. The van der Waals surface area contributed by atoms with Crippen molar-refractivity contribution in [3.63, 3.8) is 0 Å². The molecule has 0 atom stereocenters. The lowest BCUT2D eigenvalue weighted by Crippen LogP contribution is -2.46. The zero-order chi connectivity index (χ0) is 17.8. The van der Waals surface area contributed by atoms with Gasteiger partial charge in [-0.1, -0.05) is 29.2 Å². The largest absolute Gasteiger partial charge is 0.368 e. The number of hydrogen-bond acceptors (Lipinski definition) is 7. The van der Waals surface area contributed by atoms with Gasteiger partial charge in [-0.15, -0.1) is 10.2 Å². The highest BCUT2D eigenvalue weighted by molar-refractivity contribution is 8.00. The maximum absolute atomic E-state index is 13.1. The van der Waals surface area contributed by atoms with Crippen LogP contribution in [0.25, 0.3) is 0 Å². The summed E-state index contributed by atoms with van der Waals surface area (Å²) in [7, 11) is 0. The average molecular weight is 388 g/mol. The van der Waals surface area contributed by atoms with Crippen LogP contribution in [0.3, 0.4) is 0 Å². The molecule has 0 aliphatic carbocycles. The second-order valence-electron chi connectivity index (χ2n) is 5.95. The Kier molecular flexibility index (Phi) is 5.31. The zero-order valence-electron chi connectivity index (χ0n) is 14.1. The molecule has 1 saturated heterocycles. The number of nitrogens with zero attached hydrogens (tertiary/aromatic N) is 5. The van der Waals surface area contributed by atoms with E-state index < -0.39 is 0 Å². The van der Waals surface area contributed by atoms with E-state index in [1.807, 2.05) is 24.4 Å². The highest BCUT2D eigenvalue weighted by Crippen LogP contribution is 2.31. The molecule has 1 aromatic carbocycles. The normalized spacial score (nSPS) is 14.7. The van der Waals surface area contributed by atoms with Crippen LogP contribution in [0.15, 0.2) is 53.1 Å². The van der Waals surface area contributed by atoms with Crippen molar-refractivity contribution >= 4 is 33.9 Å². The van der Waals surface area contributed by atoms with Crippen molar-refractivity contribution in [2.45, 2.75) is 10.1 Å². The van der Waals surface area contributed by atoms with Crippen molar-refractivity contribution in [1.82, 2.24) is 15.2 Å². The van der Waals surface area contributed by atoms with E-state index in [1.165, 1.54) is 17.7 Å². The third-order valence-electron chi connectivity index (χ3n) is 4.22. The average Bonchev–Trinajstić information content (AvgIpc) is 3.17. The molecule has 0 radical (unpaired) electrons. The van der Waals surface area contributed by atoms with Gasteiger partial charge in [0.2, 0.25) is 5.13 Å². The second-order valence-corrected chi connectivity index (χ2v) is 8.13. The Morgan fingerprint density at radius 1 is 1.00 bits per heavy atom. The molecule has 0 spiro atoms. The molecule has 2 aromatic heterocycles. The van der Waals surface area contributed by atoms with Crippen LogP contribution in [0, 0.1) is 5.82 Å². The summed E-state index contributed by atoms with van der Waals surface area (Å²) in [6, 6.07) is 10.7. The number of pyridine rings is 1. The van der Waals surface area contributed by atoms with Gasteiger partial charge in [0.1, 0.15) is 5.82 Å². The molecule has 26 heavy (non-hydrogen) atoms. The molecule has 1 fully saturated rings. The lowest BCUT2D eigenvalue weighted by Gasteiger charge is -2.35. The van der Waals surface area contributed by atoms with Gasteiger partial charge in [-0.3, -0.25) is 4.98 Å². The predicted molar refractivity (Wildman–Crippen MR) is 105 cm³/mol. The van der Waals surface area contributed by atoms with E-state index in [2.05, 4.69) is 31.0 Å². The zero-order valence-corrected chi connectivity index (χ0v) is 15.7. The van der Waals surface area contributed by atoms with Crippen LogP contribution < -0.4 is 9.80 Å². The van der Waals surface area contributed by atoms with E-state index in [0.717, 1.165) is 47.1 Å². The molecule has 0 unspecified atom stereocenters. The predicted octanol–water partition coefficient (Wildman–Crippen LogP) is 3.69. The molecule has 0 bridgehead atoms. The minimum Gasteiger partial charge on any atom is -0.368 e. The van der Waals surface area contributed by atoms with Gasteiger partial charge in [0.15, 0.2) is 4.34 Å². The number of rotatable bonds is 5. The summed E-state index contributed by atoms with van der Waals surface area (Å²) in [6.45, 7) is 3.56. The summed E-state index contributed by atoms with van der Waals surface area (Å²) in [6.07, 6.45) is 3.66. The number of hydrogen-bond donors (Lipinski definition) is 0. The number of thioether (sulfide) groups is 1. The van der Waals surface area contributed by atoms with Gasteiger partial charge in [0.05, 0.1) is 0 Å². The van der Waals surface area contributed by atoms with E-state index in [-0.39, 0.29) is 5.82 Å². The van der Waals surface area contributed by atoms with Crippen LogP contribution in [0.2, 0.25) is 0 Å². The maximum atomic E-state index is 13.1. The first-order valence-electron chi connectivity index (χ1n) is 8.38. The minimum atomic E-state index is -0.197. The quantitative estimate of drug-likeness (QED) is 0.622. The first-order chi connectivity index (χ1) is 12.8. The highest BCUT2D eigenvalue weighted by Gasteiger charge is 2.20. The monoisotopic (exact) mass is 387 g/mol. The van der Waals surface area contributed by atoms with Crippen LogP contribution in [0.4, 0.5) is 15.2 Å². The first kappa shape index (κ1) is 17.2. The molecule has 0 N–H and O–H groups in total. The van der Waals surface area contributed by atoms with Crippen LogP contribution in [0.1, 0.15) is 5.56 Å². The fourth-order valence-electron chi connectivity index (χ4n) is 2.83. The van der Waals surface area contributed by atoms with E-state index in [9.17, 15) is 4.39 Å². The number of halogens is 1. The smallest absolute Gasteiger partial charge is 0.209 e. The molecule has 3 heterocycles. The topological polar surface area (TPSA) is 45.2 Å². The summed E-state index contributed by atoms with van der Waals surface area (Å²) in [5, 5.41) is 9.63. The van der Waals surface area contributed by atoms with Crippen LogP contribution in [-0.2, 0) is 5.75 Å². The Morgan fingerprint density at radius 3 is 2.50 bits per heavy atom. The highest BCUT2D eigenvalue weighted by atomic mass is 32.2. The third-order valence-corrected chi connectivity index (χ3v) is 6.41. The van der Waals surface area contributed by atoms with Gasteiger partial charge in [-0.25, -0.2) is 4.39 Å². The summed E-state index contributed by atoms with van der Waals surface area (Å²) in [5.74, 6) is 0.651. The standard InChI is InChI=1S/C18H18FN5S2/c19-15-3-5-16(6-4-15)23-8-10-24(11-9-23)17-21-22-18(26-17)25-13-14-2-1-7-20-12-14/h1-7,12H,8-11,13H2. The van der Waals surface area contributed by atoms with Gasteiger partial charge in [0, 0.05) is 50.0 Å². The molecule has 134 valence electrons. The number of benzene rings is 1.